The molecule has 1 aliphatic rings. The van der Waals surface area contributed by atoms with Crippen LogP contribution in [-0.4, -0.2) is 43.4 Å². The summed E-state index contributed by atoms with van der Waals surface area (Å²) in [6, 6.07) is 0. The van der Waals surface area contributed by atoms with Gasteiger partial charge in [-0.05, 0) is 40.0 Å². The Kier molecular flexibility index (Phi) is 4.90. The van der Waals surface area contributed by atoms with Crippen molar-refractivity contribution in [2.75, 3.05) is 32.8 Å². The highest BCUT2D eigenvalue weighted by Crippen LogP contribution is 2.17. The van der Waals surface area contributed by atoms with E-state index >= 15 is 0 Å². The number of nitrogens with zero attached hydrogens (tertiary/aromatic N) is 1. The summed E-state index contributed by atoms with van der Waals surface area (Å²) in [7, 11) is 0. The fraction of sp³-hybridized carbons (Fsp3) is 1.00. The average molecular weight is 200 g/mol. The molecule has 1 atom stereocenters. The summed E-state index contributed by atoms with van der Waals surface area (Å²) in [5.41, 5.74) is 0. The highest BCUT2D eigenvalue weighted by Gasteiger charge is 2.23. The molecule has 0 radical (unpaired) electrons. The molecule has 0 bridgehead atoms. The minimum atomic E-state index is 0.627. The van der Waals surface area contributed by atoms with Crippen LogP contribution in [0.4, 0.5) is 0 Å². The lowest BCUT2D eigenvalue weighted by Gasteiger charge is -2.35. The van der Waals surface area contributed by atoms with Gasteiger partial charge >= 0.3 is 0 Å². The van der Waals surface area contributed by atoms with Crippen molar-refractivity contribution in [1.29, 1.82) is 0 Å². The smallest absolute Gasteiger partial charge is 0.0810 e. The molecule has 14 heavy (non-hydrogen) atoms. The van der Waals surface area contributed by atoms with Crippen LogP contribution in [0.2, 0.25) is 0 Å². The Morgan fingerprint density at radius 3 is 2.07 bits per heavy atom. The molecule has 1 heterocycles. The van der Waals surface area contributed by atoms with Gasteiger partial charge in [-0.25, -0.2) is 0 Å². The fourth-order valence-electron chi connectivity index (χ4n) is 2.20. The number of unbranched alkanes of at least 4 members (excludes halogenated alkanes) is 1. The summed E-state index contributed by atoms with van der Waals surface area (Å²) in [6.07, 6.45) is 4.64. The first-order chi connectivity index (χ1) is 6.76. The van der Waals surface area contributed by atoms with Gasteiger partial charge in [0.1, 0.15) is 0 Å². The van der Waals surface area contributed by atoms with Crippen LogP contribution in [0.15, 0.2) is 0 Å². The van der Waals surface area contributed by atoms with Gasteiger partial charge in [0.2, 0.25) is 0 Å². The maximum Gasteiger partial charge on any atom is 0.0810 e. The average Bonchev–Trinajstić information content (AvgIpc) is 3.03. The summed E-state index contributed by atoms with van der Waals surface area (Å²) >= 11 is 0. The van der Waals surface area contributed by atoms with E-state index in [9.17, 15) is 0 Å². The molecule has 0 aliphatic carbocycles. The normalized spacial score (nSPS) is 21.2. The third-order valence-corrected chi connectivity index (χ3v) is 3.82. The van der Waals surface area contributed by atoms with Gasteiger partial charge in [0.25, 0.3) is 0 Å². The number of hydrogen-bond acceptors (Lipinski definition) is 1. The predicted molar refractivity (Wildman–Crippen MR) is 60.3 cm³/mol. The van der Waals surface area contributed by atoms with E-state index in [1.165, 1.54) is 49.9 Å². The zero-order valence-electron chi connectivity index (χ0n) is 10.1. The van der Waals surface area contributed by atoms with Crippen LogP contribution in [0.3, 0.4) is 0 Å². The summed E-state index contributed by atoms with van der Waals surface area (Å²) in [4.78, 5) is 0. The number of hydrogen-bond donors (Lipinski definition) is 0. The summed E-state index contributed by atoms with van der Waals surface area (Å²) in [5.74, 6) is 0. The van der Waals surface area contributed by atoms with Crippen molar-refractivity contribution < 1.29 is 9.22 Å². The van der Waals surface area contributed by atoms with E-state index in [2.05, 4.69) is 20.8 Å². The Balaban J connectivity index is 2.11. The molecule has 1 fully saturated rings. The molecule has 2 nitrogen and oxygen atoms in total. The molecule has 0 amide bonds. The molecule has 0 N–H and O–H groups in total. The van der Waals surface area contributed by atoms with Crippen LogP contribution >= 0.6 is 0 Å². The fourth-order valence-corrected chi connectivity index (χ4v) is 2.20. The second-order valence-electron chi connectivity index (χ2n) is 4.47. The lowest BCUT2D eigenvalue weighted by molar-refractivity contribution is -0.923. The second kappa shape index (κ2) is 5.72. The molecule has 0 aromatic heterocycles. The lowest BCUT2D eigenvalue weighted by Crippen LogP contribution is -2.48. The molecule has 1 saturated heterocycles. The first-order valence-corrected chi connectivity index (χ1v) is 6.23. The van der Waals surface area contributed by atoms with Gasteiger partial charge in [-0.15, -0.1) is 0 Å². The van der Waals surface area contributed by atoms with Crippen LogP contribution in [0.1, 0.15) is 40.0 Å². The molecule has 0 aromatic carbocycles. The number of epoxide rings is 1. The van der Waals surface area contributed by atoms with Crippen molar-refractivity contribution in [3.8, 4) is 0 Å². The second-order valence-corrected chi connectivity index (χ2v) is 4.47. The van der Waals surface area contributed by atoms with E-state index in [0.717, 1.165) is 6.61 Å². The Bertz CT molecular complexity index is 142. The quantitative estimate of drug-likeness (QED) is 0.333. The molecule has 1 aliphatic heterocycles. The molecule has 0 aromatic rings. The highest BCUT2D eigenvalue weighted by atomic mass is 16.6. The maximum atomic E-state index is 5.21. The molecular formula is C12H26NO+. The molecule has 1 unspecified atom stereocenters. The van der Waals surface area contributed by atoms with E-state index in [-0.39, 0.29) is 0 Å². The predicted octanol–water partition coefficient (Wildman–Crippen LogP) is 2.43. The van der Waals surface area contributed by atoms with Gasteiger partial charge in [0, 0.05) is 0 Å². The Hall–Kier alpha value is -0.0800. The van der Waals surface area contributed by atoms with Gasteiger partial charge in [0.15, 0.2) is 0 Å². The van der Waals surface area contributed by atoms with Crippen LogP contribution in [0, 0.1) is 0 Å². The third-order valence-electron chi connectivity index (χ3n) is 3.82. The third kappa shape index (κ3) is 3.58. The van der Waals surface area contributed by atoms with Gasteiger partial charge in [-0.1, -0.05) is 0 Å². The van der Waals surface area contributed by atoms with Crippen LogP contribution in [0.25, 0.3) is 0 Å². The summed E-state index contributed by atoms with van der Waals surface area (Å²) < 4.78 is 6.51. The van der Waals surface area contributed by atoms with Crippen molar-refractivity contribution in [2.24, 2.45) is 0 Å². The zero-order valence-corrected chi connectivity index (χ0v) is 10.1. The van der Waals surface area contributed by atoms with Crippen LogP contribution in [-0.2, 0) is 4.74 Å². The van der Waals surface area contributed by atoms with Crippen molar-refractivity contribution in [2.45, 2.75) is 46.1 Å². The largest absolute Gasteiger partial charge is 0.373 e. The lowest BCUT2D eigenvalue weighted by atomic mass is 10.1. The summed E-state index contributed by atoms with van der Waals surface area (Å²) in [6.45, 7) is 13.2. The van der Waals surface area contributed by atoms with Crippen LogP contribution in [0.5, 0.6) is 0 Å². The highest BCUT2D eigenvalue weighted by molar-refractivity contribution is 4.68. The minimum absolute atomic E-state index is 0.627. The minimum Gasteiger partial charge on any atom is -0.373 e. The van der Waals surface area contributed by atoms with Gasteiger partial charge < -0.3 is 9.22 Å². The van der Waals surface area contributed by atoms with Crippen molar-refractivity contribution in [1.82, 2.24) is 0 Å². The van der Waals surface area contributed by atoms with E-state index < -0.39 is 0 Å². The first kappa shape index (κ1) is 12.0. The zero-order chi connectivity index (χ0) is 10.4. The topological polar surface area (TPSA) is 12.5 Å². The molecular weight excluding hydrogens is 174 g/mol. The van der Waals surface area contributed by atoms with Crippen LogP contribution < -0.4 is 0 Å². The van der Waals surface area contributed by atoms with Crippen molar-refractivity contribution >= 4 is 0 Å². The molecule has 1 rings (SSSR count). The number of quaternary nitrogens is 1. The van der Waals surface area contributed by atoms with Crippen molar-refractivity contribution in [3.05, 3.63) is 0 Å². The molecule has 2 heteroatoms. The molecule has 0 saturated carbocycles. The Morgan fingerprint density at radius 1 is 1.07 bits per heavy atom. The van der Waals surface area contributed by atoms with Gasteiger partial charge in [-0.2, -0.15) is 0 Å². The monoisotopic (exact) mass is 200 g/mol. The van der Waals surface area contributed by atoms with E-state index in [4.69, 9.17) is 4.74 Å². The van der Waals surface area contributed by atoms with E-state index in [0.29, 0.717) is 6.10 Å². The SMILES string of the molecule is CC[N+](CC)(CC)CCCCC1CO1. The Labute approximate surface area is 88.8 Å². The van der Waals surface area contributed by atoms with Crippen molar-refractivity contribution in [3.63, 3.8) is 0 Å². The van der Waals surface area contributed by atoms with E-state index in [1.54, 1.807) is 0 Å². The summed E-state index contributed by atoms with van der Waals surface area (Å²) in [5, 5.41) is 0. The van der Waals surface area contributed by atoms with Gasteiger partial charge in [-0.3, -0.25) is 0 Å². The molecule has 84 valence electrons. The van der Waals surface area contributed by atoms with Gasteiger partial charge in [0.05, 0.1) is 38.9 Å². The first-order valence-electron chi connectivity index (χ1n) is 6.23. The number of rotatable bonds is 8. The number of ether oxygens (including phenoxy) is 1. The maximum absolute atomic E-state index is 5.21. The van der Waals surface area contributed by atoms with E-state index in [1.807, 2.05) is 0 Å². The standard InChI is InChI=1S/C12H26NO/c1-4-13(5-2,6-3)10-8-7-9-12-11-14-12/h12H,4-11H2,1-3H3/q+1. The molecule has 0 spiro atoms. The Morgan fingerprint density at radius 2 is 1.64 bits per heavy atom.